The molecule has 5 nitrogen and oxygen atoms in total. The first-order valence-electron chi connectivity index (χ1n) is 6.92. The van der Waals surface area contributed by atoms with Gasteiger partial charge in [0.05, 0.1) is 32.1 Å². The number of methoxy groups -OCH3 is 1. The Morgan fingerprint density at radius 3 is 3.14 bits per heavy atom. The summed E-state index contributed by atoms with van der Waals surface area (Å²) in [6.07, 6.45) is 1.72. The third-order valence-corrected chi connectivity index (χ3v) is 3.76. The summed E-state index contributed by atoms with van der Waals surface area (Å²) in [5, 5.41) is 6.95. The van der Waals surface area contributed by atoms with E-state index in [9.17, 15) is 4.39 Å². The Morgan fingerprint density at radius 1 is 1.48 bits per heavy atom. The van der Waals surface area contributed by atoms with Gasteiger partial charge in [-0.1, -0.05) is 12.1 Å². The Labute approximate surface area is 122 Å². The molecule has 0 spiro atoms. The van der Waals surface area contributed by atoms with E-state index < -0.39 is 0 Å². The lowest BCUT2D eigenvalue weighted by Crippen LogP contribution is -2.39. The summed E-state index contributed by atoms with van der Waals surface area (Å²) in [5.41, 5.74) is 1.61. The number of aromatic amines is 1. The molecule has 1 aromatic heterocycles. The van der Waals surface area contributed by atoms with Gasteiger partial charge in [0.2, 0.25) is 0 Å². The average molecular weight is 291 g/mol. The Bertz CT molecular complexity index is 589. The van der Waals surface area contributed by atoms with Gasteiger partial charge in [-0.3, -0.25) is 10.00 Å². The van der Waals surface area contributed by atoms with Gasteiger partial charge in [-0.15, -0.1) is 0 Å². The first kappa shape index (κ1) is 14.0. The van der Waals surface area contributed by atoms with Crippen molar-refractivity contribution in [2.24, 2.45) is 0 Å². The normalized spacial score (nSPS) is 19.6. The minimum Gasteiger partial charge on any atom is -0.494 e. The highest BCUT2D eigenvalue weighted by atomic mass is 19.1. The summed E-state index contributed by atoms with van der Waals surface area (Å²) in [7, 11) is 1.48. The lowest BCUT2D eigenvalue weighted by atomic mass is 10.1. The van der Waals surface area contributed by atoms with Crippen LogP contribution in [0.25, 0.3) is 0 Å². The number of rotatable bonds is 4. The molecule has 21 heavy (non-hydrogen) atoms. The molecule has 0 unspecified atom stereocenters. The second-order valence-electron chi connectivity index (χ2n) is 5.01. The van der Waals surface area contributed by atoms with E-state index in [1.807, 2.05) is 12.1 Å². The number of hydrogen-bond acceptors (Lipinski definition) is 4. The highest BCUT2D eigenvalue weighted by molar-refractivity contribution is 5.31. The van der Waals surface area contributed by atoms with Crippen molar-refractivity contribution in [3.05, 3.63) is 47.5 Å². The van der Waals surface area contributed by atoms with Gasteiger partial charge in [0, 0.05) is 24.8 Å². The molecule has 2 heterocycles. The van der Waals surface area contributed by atoms with Crippen molar-refractivity contribution in [3.8, 4) is 5.75 Å². The van der Waals surface area contributed by atoms with Crippen LogP contribution < -0.4 is 4.74 Å². The summed E-state index contributed by atoms with van der Waals surface area (Å²) < 4.78 is 24.9. The molecule has 1 aliphatic rings. The number of H-pyrrole nitrogens is 1. The van der Waals surface area contributed by atoms with Gasteiger partial charge >= 0.3 is 0 Å². The largest absolute Gasteiger partial charge is 0.494 e. The summed E-state index contributed by atoms with van der Waals surface area (Å²) in [4.78, 5) is 2.19. The molecule has 1 atom stereocenters. The molecule has 0 saturated carbocycles. The lowest BCUT2D eigenvalue weighted by Gasteiger charge is -2.35. The molecule has 0 bridgehead atoms. The maximum Gasteiger partial charge on any atom is 0.169 e. The minimum absolute atomic E-state index is 0.0619. The number of halogens is 1. The summed E-state index contributed by atoms with van der Waals surface area (Å²) in [5.74, 6) is -0.0197. The van der Waals surface area contributed by atoms with E-state index in [2.05, 4.69) is 15.1 Å². The third-order valence-electron chi connectivity index (χ3n) is 3.76. The minimum atomic E-state index is -0.296. The van der Waals surface area contributed by atoms with Crippen molar-refractivity contribution in [3.63, 3.8) is 0 Å². The van der Waals surface area contributed by atoms with Crippen LogP contribution in [0.4, 0.5) is 4.39 Å². The Kier molecular flexibility index (Phi) is 4.17. The quantitative estimate of drug-likeness (QED) is 0.937. The Morgan fingerprint density at radius 2 is 2.38 bits per heavy atom. The van der Waals surface area contributed by atoms with Crippen molar-refractivity contribution < 1.29 is 13.9 Å². The van der Waals surface area contributed by atoms with E-state index >= 15 is 0 Å². The lowest BCUT2D eigenvalue weighted by molar-refractivity contribution is -0.0147. The van der Waals surface area contributed by atoms with Crippen molar-refractivity contribution in [2.75, 3.05) is 26.9 Å². The van der Waals surface area contributed by atoms with Gasteiger partial charge < -0.3 is 9.47 Å². The fourth-order valence-corrected chi connectivity index (χ4v) is 2.62. The number of hydrogen-bond donors (Lipinski definition) is 1. The van der Waals surface area contributed by atoms with E-state index in [1.54, 1.807) is 18.3 Å². The van der Waals surface area contributed by atoms with Gasteiger partial charge in [0.15, 0.2) is 11.6 Å². The van der Waals surface area contributed by atoms with E-state index in [4.69, 9.17) is 9.47 Å². The monoisotopic (exact) mass is 291 g/mol. The maximum atomic E-state index is 14.3. The first-order chi connectivity index (χ1) is 10.3. The van der Waals surface area contributed by atoms with Gasteiger partial charge in [-0.25, -0.2) is 4.39 Å². The molecule has 1 N–H and O–H groups in total. The second-order valence-corrected chi connectivity index (χ2v) is 5.01. The molecule has 1 saturated heterocycles. The fourth-order valence-electron chi connectivity index (χ4n) is 2.62. The fraction of sp³-hybridized carbons (Fsp3) is 0.400. The standard InChI is InChI=1S/C15H18FN3O2/c1-20-14-4-2-3-11(15(14)16)9-19-7-8-21-10-13(19)12-5-6-17-18-12/h2-6,13H,7-10H2,1H3,(H,17,18)/t13-/m1/s1. The van der Waals surface area contributed by atoms with E-state index in [-0.39, 0.29) is 17.6 Å². The van der Waals surface area contributed by atoms with Crippen molar-refractivity contribution in [1.82, 2.24) is 15.1 Å². The number of ether oxygens (including phenoxy) is 2. The summed E-state index contributed by atoms with van der Waals surface area (Å²) in [6, 6.07) is 7.21. The highest BCUT2D eigenvalue weighted by Gasteiger charge is 2.26. The van der Waals surface area contributed by atoms with Crippen LogP contribution in [0.2, 0.25) is 0 Å². The Hall–Kier alpha value is -1.92. The predicted octanol–water partition coefficient (Wildman–Crippen LogP) is 2.13. The summed E-state index contributed by atoms with van der Waals surface area (Å²) in [6.45, 7) is 2.49. The van der Waals surface area contributed by atoms with Gasteiger partial charge in [-0.2, -0.15) is 5.10 Å². The predicted molar refractivity (Wildman–Crippen MR) is 75.5 cm³/mol. The maximum absolute atomic E-state index is 14.3. The molecule has 1 fully saturated rings. The van der Waals surface area contributed by atoms with Crippen LogP contribution in [-0.2, 0) is 11.3 Å². The van der Waals surface area contributed by atoms with Gasteiger partial charge in [0.1, 0.15) is 0 Å². The van der Waals surface area contributed by atoms with Gasteiger partial charge in [0.25, 0.3) is 0 Å². The van der Waals surface area contributed by atoms with Crippen LogP contribution in [0.15, 0.2) is 30.5 Å². The molecule has 0 aliphatic carbocycles. The van der Waals surface area contributed by atoms with E-state index in [0.29, 0.717) is 25.3 Å². The molecule has 2 aromatic rings. The zero-order valence-electron chi connectivity index (χ0n) is 11.9. The second kappa shape index (κ2) is 6.24. The summed E-state index contributed by atoms with van der Waals surface area (Å²) >= 11 is 0. The van der Waals surface area contributed by atoms with Crippen LogP contribution in [-0.4, -0.2) is 42.0 Å². The zero-order chi connectivity index (χ0) is 14.7. The van der Waals surface area contributed by atoms with Crippen LogP contribution in [0.5, 0.6) is 5.75 Å². The highest BCUT2D eigenvalue weighted by Crippen LogP contribution is 2.27. The van der Waals surface area contributed by atoms with Crippen LogP contribution in [0.3, 0.4) is 0 Å². The average Bonchev–Trinajstić information content (AvgIpc) is 3.04. The molecule has 0 amide bonds. The zero-order valence-corrected chi connectivity index (χ0v) is 11.9. The number of aromatic nitrogens is 2. The topological polar surface area (TPSA) is 50.4 Å². The van der Waals surface area contributed by atoms with Gasteiger partial charge in [-0.05, 0) is 12.1 Å². The SMILES string of the molecule is COc1cccc(CN2CCOC[C@@H]2c2ccn[nH]2)c1F. The van der Waals surface area contributed by atoms with Crippen molar-refractivity contribution >= 4 is 0 Å². The van der Waals surface area contributed by atoms with Crippen LogP contribution in [0.1, 0.15) is 17.3 Å². The van der Waals surface area contributed by atoms with Crippen LogP contribution >= 0.6 is 0 Å². The van der Waals surface area contributed by atoms with Crippen molar-refractivity contribution in [1.29, 1.82) is 0 Å². The van der Waals surface area contributed by atoms with Crippen molar-refractivity contribution in [2.45, 2.75) is 12.6 Å². The number of morpholine rings is 1. The van der Waals surface area contributed by atoms with E-state index in [1.165, 1.54) is 7.11 Å². The number of nitrogens with zero attached hydrogens (tertiary/aromatic N) is 2. The molecule has 1 aliphatic heterocycles. The molecule has 6 heteroatoms. The molecular weight excluding hydrogens is 273 g/mol. The first-order valence-corrected chi connectivity index (χ1v) is 6.92. The Balaban J connectivity index is 1.82. The molecular formula is C15H18FN3O2. The molecule has 112 valence electrons. The molecule has 0 radical (unpaired) electrons. The molecule has 3 rings (SSSR count). The smallest absolute Gasteiger partial charge is 0.169 e. The number of nitrogens with one attached hydrogen (secondary N) is 1. The molecule has 1 aromatic carbocycles. The third kappa shape index (κ3) is 2.91. The van der Waals surface area contributed by atoms with Crippen LogP contribution in [0, 0.1) is 5.82 Å². The number of benzene rings is 1. The van der Waals surface area contributed by atoms with E-state index in [0.717, 1.165) is 12.2 Å².